The van der Waals surface area contributed by atoms with Crippen molar-refractivity contribution in [3.05, 3.63) is 53.5 Å². The number of hydrogen-bond acceptors (Lipinski definition) is 3. The van der Waals surface area contributed by atoms with Gasteiger partial charge in [-0.25, -0.2) is 0 Å². The molecule has 2 N–H and O–H groups in total. The van der Waals surface area contributed by atoms with Gasteiger partial charge >= 0.3 is 0 Å². The molecular formula is C13H13NO3. The highest BCUT2D eigenvalue weighted by atomic mass is 16.3. The molecule has 0 unspecified atom stereocenters. The van der Waals surface area contributed by atoms with E-state index in [2.05, 4.69) is 5.32 Å². The van der Waals surface area contributed by atoms with Crippen LogP contribution in [0.3, 0.4) is 0 Å². The summed E-state index contributed by atoms with van der Waals surface area (Å²) in [5.41, 5.74) is 2.05. The summed E-state index contributed by atoms with van der Waals surface area (Å²) in [6.07, 6.45) is 1.47. The molecule has 1 amide bonds. The number of aliphatic hydroxyl groups is 1. The molecule has 0 saturated heterocycles. The topological polar surface area (TPSA) is 62.5 Å². The Kier molecular flexibility index (Phi) is 3.25. The van der Waals surface area contributed by atoms with Gasteiger partial charge in [-0.1, -0.05) is 18.2 Å². The van der Waals surface area contributed by atoms with Crippen LogP contribution in [0.4, 0.5) is 5.69 Å². The van der Waals surface area contributed by atoms with Gasteiger partial charge in [0.1, 0.15) is 0 Å². The van der Waals surface area contributed by atoms with Gasteiger partial charge in [0.15, 0.2) is 5.76 Å². The molecule has 1 aromatic carbocycles. The van der Waals surface area contributed by atoms with Gasteiger partial charge in [0.2, 0.25) is 0 Å². The van der Waals surface area contributed by atoms with E-state index in [0.29, 0.717) is 11.3 Å². The van der Waals surface area contributed by atoms with Crippen LogP contribution in [0.5, 0.6) is 0 Å². The normalized spacial score (nSPS) is 10.2. The van der Waals surface area contributed by atoms with Crippen LogP contribution in [0, 0.1) is 6.92 Å². The van der Waals surface area contributed by atoms with Gasteiger partial charge in [-0.15, -0.1) is 0 Å². The van der Waals surface area contributed by atoms with Crippen molar-refractivity contribution in [1.29, 1.82) is 0 Å². The first kappa shape index (κ1) is 11.4. The van der Waals surface area contributed by atoms with E-state index < -0.39 is 0 Å². The number of anilines is 1. The zero-order valence-electron chi connectivity index (χ0n) is 9.43. The number of para-hydroxylation sites is 1. The molecule has 0 radical (unpaired) electrons. The summed E-state index contributed by atoms with van der Waals surface area (Å²) in [5.74, 6) is -0.0221. The van der Waals surface area contributed by atoms with Crippen molar-refractivity contribution in [3.63, 3.8) is 0 Å². The third-order valence-electron chi connectivity index (χ3n) is 2.50. The van der Waals surface area contributed by atoms with Crippen LogP contribution in [-0.4, -0.2) is 11.0 Å². The second-order valence-electron chi connectivity index (χ2n) is 3.70. The predicted molar refractivity (Wildman–Crippen MR) is 63.8 cm³/mol. The van der Waals surface area contributed by atoms with Crippen LogP contribution in [-0.2, 0) is 6.61 Å². The average molecular weight is 231 g/mol. The zero-order chi connectivity index (χ0) is 12.3. The van der Waals surface area contributed by atoms with E-state index in [9.17, 15) is 4.79 Å². The second kappa shape index (κ2) is 4.84. The summed E-state index contributed by atoms with van der Waals surface area (Å²) in [6, 6.07) is 8.82. The Morgan fingerprint density at radius 3 is 2.76 bits per heavy atom. The van der Waals surface area contributed by atoms with Gasteiger partial charge < -0.3 is 14.8 Å². The van der Waals surface area contributed by atoms with Crippen LogP contribution in [0.25, 0.3) is 0 Å². The molecule has 2 aromatic rings. The lowest BCUT2D eigenvalue weighted by molar-refractivity contribution is 0.0995. The quantitative estimate of drug-likeness (QED) is 0.852. The molecule has 0 atom stereocenters. The minimum absolute atomic E-state index is 0.117. The van der Waals surface area contributed by atoms with Crippen LogP contribution < -0.4 is 5.32 Å². The van der Waals surface area contributed by atoms with Crippen LogP contribution in [0.2, 0.25) is 0 Å². The summed E-state index contributed by atoms with van der Waals surface area (Å²) >= 11 is 0. The molecule has 0 spiro atoms. The highest BCUT2D eigenvalue weighted by Gasteiger charge is 2.13. The van der Waals surface area contributed by atoms with E-state index in [-0.39, 0.29) is 18.3 Å². The highest BCUT2D eigenvalue weighted by Crippen LogP contribution is 2.17. The van der Waals surface area contributed by atoms with Crippen molar-refractivity contribution < 1.29 is 14.3 Å². The number of rotatable bonds is 3. The number of amides is 1. The smallest absolute Gasteiger partial charge is 0.291 e. The Morgan fingerprint density at radius 1 is 1.35 bits per heavy atom. The minimum Gasteiger partial charge on any atom is -0.459 e. The molecule has 0 bridgehead atoms. The first-order chi connectivity index (χ1) is 8.22. The van der Waals surface area contributed by atoms with Crippen LogP contribution >= 0.6 is 0 Å². The fourth-order valence-electron chi connectivity index (χ4n) is 1.56. The Balaban J connectivity index is 2.22. The monoisotopic (exact) mass is 231 g/mol. The van der Waals surface area contributed by atoms with Crippen molar-refractivity contribution in [1.82, 2.24) is 0 Å². The number of furan rings is 1. The van der Waals surface area contributed by atoms with E-state index in [1.165, 1.54) is 6.26 Å². The lowest BCUT2D eigenvalue weighted by atomic mass is 10.2. The first-order valence-electron chi connectivity index (χ1n) is 5.26. The molecule has 1 aromatic heterocycles. The van der Waals surface area contributed by atoms with Gasteiger partial charge in [-0.05, 0) is 19.1 Å². The molecule has 0 saturated carbocycles. The van der Waals surface area contributed by atoms with Gasteiger partial charge in [0.05, 0.1) is 12.9 Å². The van der Waals surface area contributed by atoms with E-state index in [1.807, 2.05) is 0 Å². The number of carbonyl (C=O) groups excluding carboxylic acids is 1. The SMILES string of the molecule is Cc1ccoc1C(=O)Nc1ccccc1CO. The second-order valence-corrected chi connectivity index (χ2v) is 3.70. The molecule has 0 aliphatic rings. The molecule has 4 nitrogen and oxygen atoms in total. The molecule has 4 heteroatoms. The number of carbonyl (C=O) groups is 1. The number of hydrogen-bond donors (Lipinski definition) is 2. The predicted octanol–water partition coefficient (Wildman–Crippen LogP) is 2.33. The minimum atomic E-state index is -0.312. The van der Waals surface area contributed by atoms with Gasteiger partial charge in [-0.3, -0.25) is 4.79 Å². The molecule has 0 aliphatic carbocycles. The fourth-order valence-corrected chi connectivity index (χ4v) is 1.56. The Labute approximate surface area is 98.9 Å². The molecular weight excluding hydrogens is 218 g/mol. The van der Waals surface area contributed by atoms with E-state index in [1.54, 1.807) is 37.3 Å². The maximum Gasteiger partial charge on any atom is 0.291 e. The Hall–Kier alpha value is -2.07. The van der Waals surface area contributed by atoms with E-state index >= 15 is 0 Å². The summed E-state index contributed by atoms with van der Waals surface area (Å²) in [5, 5.41) is 11.9. The summed E-state index contributed by atoms with van der Waals surface area (Å²) in [4.78, 5) is 11.9. The lowest BCUT2D eigenvalue weighted by Gasteiger charge is -2.08. The maximum atomic E-state index is 11.9. The largest absolute Gasteiger partial charge is 0.459 e. The molecule has 17 heavy (non-hydrogen) atoms. The summed E-state index contributed by atoms with van der Waals surface area (Å²) < 4.78 is 5.10. The van der Waals surface area contributed by atoms with E-state index in [0.717, 1.165) is 5.56 Å². The summed E-state index contributed by atoms with van der Waals surface area (Å²) in [7, 11) is 0. The standard InChI is InChI=1S/C13H13NO3/c1-9-6-7-17-12(9)13(16)14-11-5-3-2-4-10(11)8-15/h2-7,15H,8H2,1H3,(H,14,16). The number of nitrogens with one attached hydrogen (secondary N) is 1. The molecule has 0 fully saturated rings. The third kappa shape index (κ3) is 2.37. The van der Waals surface area contributed by atoms with E-state index in [4.69, 9.17) is 9.52 Å². The zero-order valence-corrected chi connectivity index (χ0v) is 9.43. The number of benzene rings is 1. The molecule has 2 rings (SSSR count). The van der Waals surface area contributed by atoms with Crippen molar-refractivity contribution in [2.24, 2.45) is 0 Å². The number of aryl methyl sites for hydroxylation is 1. The average Bonchev–Trinajstić information content (AvgIpc) is 2.76. The molecule has 0 aliphatic heterocycles. The maximum absolute atomic E-state index is 11.9. The van der Waals surface area contributed by atoms with Crippen molar-refractivity contribution >= 4 is 11.6 Å². The van der Waals surface area contributed by atoms with Gasteiger partial charge in [0.25, 0.3) is 5.91 Å². The van der Waals surface area contributed by atoms with Gasteiger partial charge in [0, 0.05) is 16.8 Å². The first-order valence-corrected chi connectivity index (χ1v) is 5.26. The van der Waals surface area contributed by atoms with Crippen molar-refractivity contribution in [3.8, 4) is 0 Å². The third-order valence-corrected chi connectivity index (χ3v) is 2.50. The number of aliphatic hydroxyl groups excluding tert-OH is 1. The fraction of sp³-hybridized carbons (Fsp3) is 0.154. The van der Waals surface area contributed by atoms with Crippen LogP contribution in [0.1, 0.15) is 21.7 Å². The van der Waals surface area contributed by atoms with Gasteiger partial charge in [-0.2, -0.15) is 0 Å². The summed E-state index contributed by atoms with van der Waals surface area (Å²) in [6.45, 7) is 1.68. The Morgan fingerprint density at radius 2 is 2.12 bits per heavy atom. The highest BCUT2D eigenvalue weighted by molar-refractivity contribution is 6.03. The van der Waals surface area contributed by atoms with Crippen molar-refractivity contribution in [2.45, 2.75) is 13.5 Å². The molecule has 1 heterocycles. The lowest BCUT2D eigenvalue weighted by Crippen LogP contribution is -2.13. The molecule has 88 valence electrons. The Bertz CT molecular complexity index is 531. The van der Waals surface area contributed by atoms with Crippen molar-refractivity contribution in [2.75, 3.05) is 5.32 Å². The van der Waals surface area contributed by atoms with Crippen LogP contribution in [0.15, 0.2) is 41.0 Å².